The van der Waals surface area contributed by atoms with Crippen molar-refractivity contribution in [3.8, 4) is 0 Å². The minimum atomic E-state index is -3.18. The second-order valence-corrected chi connectivity index (χ2v) is 7.01. The van der Waals surface area contributed by atoms with Crippen LogP contribution in [-0.2, 0) is 14.7 Å². The first-order chi connectivity index (χ1) is 10.9. The highest BCUT2D eigenvalue weighted by Gasteiger charge is 2.12. The molecular formula is C15H14F2N2O3S. The standard InChI is InChI=1S/C15H14F2N2O3S/c1-23(20,21)9-8-22-19-15(14-4-2-3-7-18-14)11-5-6-12(16)13(17)10-11/h2-7,10H,8-9H2,1H3/b19-15-. The Hall–Kier alpha value is -2.35. The third-order valence-electron chi connectivity index (χ3n) is 2.80. The average molecular weight is 340 g/mol. The zero-order valence-corrected chi connectivity index (χ0v) is 13.1. The van der Waals surface area contributed by atoms with Crippen LogP contribution in [0.2, 0.25) is 0 Å². The van der Waals surface area contributed by atoms with E-state index < -0.39 is 21.5 Å². The molecule has 1 heterocycles. The monoisotopic (exact) mass is 340 g/mol. The van der Waals surface area contributed by atoms with Crippen LogP contribution in [0.1, 0.15) is 11.3 Å². The maximum atomic E-state index is 13.4. The SMILES string of the molecule is CS(=O)(=O)CCO/N=C(/c1ccc(F)c(F)c1)c1ccccn1. The molecule has 0 saturated heterocycles. The molecule has 8 heteroatoms. The van der Waals surface area contributed by atoms with Crippen molar-refractivity contribution in [3.63, 3.8) is 0 Å². The first-order valence-corrected chi connectivity index (χ1v) is 8.67. The van der Waals surface area contributed by atoms with Gasteiger partial charge < -0.3 is 4.84 Å². The summed E-state index contributed by atoms with van der Waals surface area (Å²) in [6, 6.07) is 8.30. The Balaban J connectivity index is 2.30. The van der Waals surface area contributed by atoms with Crippen LogP contribution in [0.3, 0.4) is 0 Å². The summed E-state index contributed by atoms with van der Waals surface area (Å²) in [5.41, 5.74) is 0.831. The molecule has 0 atom stereocenters. The molecule has 0 saturated carbocycles. The molecule has 5 nitrogen and oxygen atoms in total. The Kier molecular flexibility index (Phi) is 5.38. The molecule has 0 bridgehead atoms. The molecule has 0 radical (unpaired) electrons. The zero-order chi connectivity index (χ0) is 16.9. The molecule has 0 spiro atoms. The van der Waals surface area contributed by atoms with Crippen LogP contribution in [0.25, 0.3) is 0 Å². The van der Waals surface area contributed by atoms with Gasteiger partial charge in [0, 0.05) is 18.0 Å². The van der Waals surface area contributed by atoms with Gasteiger partial charge in [0.05, 0.1) is 11.4 Å². The van der Waals surface area contributed by atoms with E-state index in [2.05, 4.69) is 10.1 Å². The van der Waals surface area contributed by atoms with Gasteiger partial charge in [0.25, 0.3) is 0 Å². The Labute approximate surface area is 132 Å². The lowest BCUT2D eigenvalue weighted by atomic mass is 10.1. The van der Waals surface area contributed by atoms with E-state index in [4.69, 9.17) is 4.84 Å². The molecule has 0 aliphatic heterocycles. The average Bonchev–Trinajstić information content (AvgIpc) is 2.50. The number of halogens is 2. The molecular weight excluding hydrogens is 326 g/mol. The molecule has 2 rings (SSSR count). The summed E-state index contributed by atoms with van der Waals surface area (Å²) in [5.74, 6) is -2.21. The van der Waals surface area contributed by atoms with Crippen LogP contribution < -0.4 is 0 Å². The molecule has 2 aromatic rings. The van der Waals surface area contributed by atoms with Gasteiger partial charge in [-0.15, -0.1) is 0 Å². The van der Waals surface area contributed by atoms with Crippen LogP contribution >= 0.6 is 0 Å². The summed E-state index contributed by atoms with van der Waals surface area (Å²) in [5, 5.41) is 3.84. The van der Waals surface area contributed by atoms with Gasteiger partial charge in [-0.1, -0.05) is 11.2 Å². The Morgan fingerprint density at radius 3 is 2.61 bits per heavy atom. The van der Waals surface area contributed by atoms with Crippen LogP contribution in [0.5, 0.6) is 0 Å². The molecule has 0 aliphatic rings. The largest absolute Gasteiger partial charge is 0.394 e. The maximum absolute atomic E-state index is 13.4. The van der Waals surface area contributed by atoms with Gasteiger partial charge in [-0.2, -0.15) is 0 Å². The third-order valence-corrected chi connectivity index (χ3v) is 3.71. The van der Waals surface area contributed by atoms with E-state index >= 15 is 0 Å². The van der Waals surface area contributed by atoms with Crippen molar-refractivity contribution in [1.29, 1.82) is 0 Å². The lowest BCUT2D eigenvalue weighted by Gasteiger charge is -2.07. The fourth-order valence-electron chi connectivity index (χ4n) is 1.69. The number of hydrogen-bond donors (Lipinski definition) is 0. The summed E-state index contributed by atoms with van der Waals surface area (Å²) in [6.45, 7) is -0.154. The van der Waals surface area contributed by atoms with Crippen LogP contribution in [0, 0.1) is 11.6 Å². The number of benzene rings is 1. The van der Waals surface area contributed by atoms with Gasteiger partial charge >= 0.3 is 0 Å². The number of aromatic nitrogens is 1. The van der Waals surface area contributed by atoms with E-state index in [0.717, 1.165) is 18.4 Å². The van der Waals surface area contributed by atoms with Crippen molar-refractivity contribution in [2.75, 3.05) is 18.6 Å². The van der Waals surface area contributed by atoms with E-state index in [9.17, 15) is 17.2 Å². The van der Waals surface area contributed by atoms with Gasteiger partial charge in [0.1, 0.15) is 12.3 Å². The normalized spacial score (nSPS) is 12.2. The van der Waals surface area contributed by atoms with E-state index in [-0.39, 0.29) is 23.6 Å². The topological polar surface area (TPSA) is 68.6 Å². The summed E-state index contributed by atoms with van der Waals surface area (Å²) in [4.78, 5) is 9.09. The quantitative estimate of drug-likeness (QED) is 0.459. The van der Waals surface area contributed by atoms with Crippen LogP contribution in [0.15, 0.2) is 47.8 Å². The van der Waals surface area contributed by atoms with Crippen molar-refractivity contribution < 1.29 is 22.0 Å². The highest BCUT2D eigenvalue weighted by molar-refractivity contribution is 7.90. The van der Waals surface area contributed by atoms with Crippen molar-refractivity contribution in [3.05, 3.63) is 65.5 Å². The molecule has 1 aromatic heterocycles. The van der Waals surface area contributed by atoms with Gasteiger partial charge in [-0.3, -0.25) is 4.98 Å². The Morgan fingerprint density at radius 1 is 1.22 bits per heavy atom. The Morgan fingerprint density at radius 2 is 2.00 bits per heavy atom. The minimum Gasteiger partial charge on any atom is -0.394 e. The summed E-state index contributed by atoms with van der Waals surface area (Å²) in [6.07, 6.45) is 2.59. The van der Waals surface area contributed by atoms with Gasteiger partial charge in [-0.25, -0.2) is 17.2 Å². The number of oxime groups is 1. The number of pyridine rings is 1. The number of sulfone groups is 1. The molecule has 122 valence electrons. The number of hydrogen-bond acceptors (Lipinski definition) is 5. The van der Waals surface area contributed by atoms with Crippen LogP contribution in [0.4, 0.5) is 8.78 Å². The minimum absolute atomic E-state index is 0.154. The van der Waals surface area contributed by atoms with Crippen LogP contribution in [-0.4, -0.2) is 37.7 Å². The molecule has 0 amide bonds. The lowest BCUT2D eigenvalue weighted by Crippen LogP contribution is -2.11. The maximum Gasteiger partial charge on any atom is 0.159 e. The van der Waals surface area contributed by atoms with E-state index in [0.29, 0.717) is 5.69 Å². The number of nitrogens with zero attached hydrogens (tertiary/aromatic N) is 2. The first-order valence-electron chi connectivity index (χ1n) is 6.61. The Bertz CT molecular complexity index is 809. The molecule has 23 heavy (non-hydrogen) atoms. The van der Waals surface area contributed by atoms with Gasteiger partial charge in [-0.05, 0) is 30.3 Å². The molecule has 0 aliphatic carbocycles. The van der Waals surface area contributed by atoms with Crippen molar-refractivity contribution in [2.45, 2.75) is 0 Å². The highest BCUT2D eigenvalue weighted by Crippen LogP contribution is 2.13. The molecule has 0 unspecified atom stereocenters. The zero-order valence-electron chi connectivity index (χ0n) is 12.2. The van der Waals surface area contributed by atoms with E-state index in [1.165, 1.54) is 12.3 Å². The summed E-state index contributed by atoms with van der Waals surface area (Å²) >= 11 is 0. The summed E-state index contributed by atoms with van der Waals surface area (Å²) < 4.78 is 48.6. The molecule has 1 aromatic carbocycles. The number of rotatable bonds is 6. The fraction of sp³-hybridized carbons (Fsp3) is 0.200. The second-order valence-electron chi connectivity index (χ2n) is 4.75. The van der Waals surface area contributed by atoms with E-state index in [1.54, 1.807) is 18.2 Å². The molecule has 0 N–H and O–H groups in total. The van der Waals surface area contributed by atoms with Gasteiger partial charge in [0.2, 0.25) is 0 Å². The van der Waals surface area contributed by atoms with E-state index in [1.807, 2.05) is 0 Å². The highest BCUT2D eigenvalue weighted by atomic mass is 32.2. The first kappa shape index (κ1) is 17.0. The van der Waals surface area contributed by atoms with Crippen molar-refractivity contribution in [2.24, 2.45) is 5.16 Å². The predicted octanol–water partition coefficient (Wildman–Crippen LogP) is 2.17. The third kappa shape index (κ3) is 5.10. The predicted molar refractivity (Wildman–Crippen MR) is 81.9 cm³/mol. The fourth-order valence-corrected chi connectivity index (χ4v) is 2.07. The van der Waals surface area contributed by atoms with Gasteiger partial charge in [0.15, 0.2) is 21.5 Å². The summed E-state index contributed by atoms with van der Waals surface area (Å²) in [7, 11) is -3.18. The second kappa shape index (κ2) is 7.28. The van der Waals surface area contributed by atoms with Crippen molar-refractivity contribution >= 4 is 15.5 Å². The lowest BCUT2D eigenvalue weighted by molar-refractivity contribution is 0.160. The smallest absolute Gasteiger partial charge is 0.159 e. The van der Waals surface area contributed by atoms with Crippen molar-refractivity contribution in [1.82, 2.24) is 4.98 Å². The molecule has 0 fully saturated rings.